The molecule has 92 valence electrons. The molecule has 6 heteroatoms. The summed E-state index contributed by atoms with van der Waals surface area (Å²) in [6.07, 6.45) is -0.0370. The van der Waals surface area contributed by atoms with Crippen LogP contribution in [0.4, 0.5) is 5.69 Å². The SMILES string of the molecule is COC(=O)C[C@@](C)(N)c1cccc([N+](=O)[O-])c1. The summed E-state index contributed by atoms with van der Waals surface area (Å²) in [5.41, 5.74) is 5.45. The Bertz CT molecular complexity index is 443. The first kappa shape index (κ1) is 13.1. The van der Waals surface area contributed by atoms with E-state index in [0.717, 1.165) is 0 Å². The second-order valence-electron chi connectivity index (χ2n) is 3.98. The zero-order valence-corrected chi connectivity index (χ0v) is 9.67. The fourth-order valence-corrected chi connectivity index (χ4v) is 1.45. The van der Waals surface area contributed by atoms with E-state index in [4.69, 9.17) is 5.73 Å². The number of methoxy groups -OCH3 is 1. The van der Waals surface area contributed by atoms with E-state index in [0.29, 0.717) is 5.56 Å². The quantitative estimate of drug-likeness (QED) is 0.485. The molecule has 0 saturated heterocycles. The summed E-state index contributed by atoms with van der Waals surface area (Å²) < 4.78 is 4.53. The van der Waals surface area contributed by atoms with Crippen molar-refractivity contribution in [3.63, 3.8) is 0 Å². The maximum absolute atomic E-state index is 11.2. The van der Waals surface area contributed by atoms with Gasteiger partial charge in [-0.25, -0.2) is 0 Å². The third-order valence-electron chi connectivity index (χ3n) is 2.46. The van der Waals surface area contributed by atoms with Gasteiger partial charge in [0.05, 0.1) is 18.5 Å². The summed E-state index contributed by atoms with van der Waals surface area (Å²) in [4.78, 5) is 21.3. The lowest BCUT2D eigenvalue weighted by Crippen LogP contribution is -2.36. The summed E-state index contributed by atoms with van der Waals surface area (Å²) in [6, 6.07) is 5.92. The summed E-state index contributed by atoms with van der Waals surface area (Å²) in [7, 11) is 1.27. The predicted molar refractivity (Wildman–Crippen MR) is 61.3 cm³/mol. The molecule has 17 heavy (non-hydrogen) atoms. The first-order valence-corrected chi connectivity index (χ1v) is 4.97. The largest absolute Gasteiger partial charge is 0.469 e. The van der Waals surface area contributed by atoms with Crippen LogP contribution in [0.2, 0.25) is 0 Å². The molecule has 0 unspecified atom stereocenters. The lowest BCUT2D eigenvalue weighted by atomic mass is 9.89. The van der Waals surface area contributed by atoms with Gasteiger partial charge in [0.15, 0.2) is 0 Å². The predicted octanol–water partition coefficient (Wildman–Crippen LogP) is 1.33. The minimum absolute atomic E-state index is 0.0370. The Morgan fingerprint density at radius 3 is 2.76 bits per heavy atom. The van der Waals surface area contributed by atoms with E-state index < -0.39 is 16.4 Å². The van der Waals surface area contributed by atoms with E-state index >= 15 is 0 Å². The van der Waals surface area contributed by atoms with Gasteiger partial charge in [0, 0.05) is 17.7 Å². The molecule has 1 aromatic carbocycles. The van der Waals surface area contributed by atoms with Crippen molar-refractivity contribution < 1.29 is 14.5 Å². The Balaban J connectivity index is 3.01. The average molecular weight is 238 g/mol. The summed E-state index contributed by atoms with van der Waals surface area (Å²) in [6.45, 7) is 1.63. The maximum atomic E-state index is 11.2. The summed E-state index contributed by atoms with van der Waals surface area (Å²) in [5, 5.41) is 10.6. The molecule has 0 spiro atoms. The van der Waals surface area contributed by atoms with Crippen LogP contribution >= 0.6 is 0 Å². The van der Waals surface area contributed by atoms with Gasteiger partial charge in [-0.1, -0.05) is 12.1 Å². The minimum atomic E-state index is -0.987. The maximum Gasteiger partial charge on any atom is 0.307 e. The third kappa shape index (κ3) is 3.25. The zero-order valence-electron chi connectivity index (χ0n) is 9.67. The summed E-state index contributed by atoms with van der Waals surface area (Å²) >= 11 is 0. The Hall–Kier alpha value is -1.95. The van der Waals surface area contributed by atoms with Crippen LogP contribution in [0.3, 0.4) is 0 Å². The number of benzene rings is 1. The van der Waals surface area contributed by atoms with E-state index in [2.05, 4.69) is 4.74 Å². The third-order valence-corrected chi connectivity index (χ3v) is 2.46. The van der Waals surface area contributed by atoms with E-state index in [1.807, 2.05) is 0 Å². The molecule has 0 aliphatic carbocycles. The average Bonchev–Trinajstić information content (AvgIpc) is 2.28. The van der Waals surface area contributed by atoms with Gasteiger partial charge in [0.1, 0.15) is 0 Å². The van der Waals surface area contributed by atoms with Crippen LogP contribution in [-0.2, 0) is 15.1 Å². The molecule has 0 aliphatic rings. The first-order chi connectivity index (χ1) is 7.86. The van der Waals surface area contributed by atoms with Gasteiger partial charge in [-0.2, -0.15) is 0 Å². The van der Waals surface area contributed by atoms with Crippen molar-refractivity contribution in [1.29, 1.82) is 0 Å². The number of rotatable bonds is 4. The van der Waals surface area contributed by atoms with E-state index in [-0.39, 0.29) is 12.1 Å². The van der Waals surface area contributed by atoms with Crippen molar-refractivity contribution in [3.8, 4) is 0 Å². The fourth-order valence-electron chi connectivity index (χ4n) is 1.45. The molecule has 1 atom stereocenters. The number of hydrogen-bond donors (Lipinski definition) is 1. The van der Waals surface area contributed by atoms with Gasteiger partial charge in [0.25, 0.3) is 5.69 Å². The molecular weight excluding hydrogens is 224 g/mol. The van der Waals surface area contributed by atoms with Crippen LogP contribution in [0, 0.1) is 10.1 Å². The normalized spacial score (nSPS) is 13.8. The molecule has 0 bridgehead atoms. The first-order valence-electron chi connectivity index (χ1n) is 4.97. The van der Waals surface area contributed by atoms with Crippen LogP contribution in [-0.4, -0.2) is 18.0 Å². The second-order valence-corrected chi connectivity index (χ2v) is 3.98. The van der Waals surface area contributed by atoms with Crippen LogP contribution in [0.25, 0.3) is 0 Å². The number of hydrogen-bond acceptors (Lipinski definition) is 5. The molecular formula is C11H14N2O4. The van der Waals surface area contributed by atoms with Crippen LogP contribution in [0.5, 0.6) is 0 Å². The highest BCUT2D eigenvalue weighted by Gasteiger charge is 2.26. The molecule has 6 nitrogen and oxygen atoms in total. The summed E-state index contributed by atoms with van der Waals surface area (Å²) in [5.74, 6) is -0.457. The van der Waals surface area contributed by atoms with Crippen LogP contribution in [0.15, 0.2) is 24.3 Å². The van der Waals surface area contributed by atoms with E-state index in [1.165, 1.54) is 25.3 Å². The monoisotopic (exact) mass is 238 g/mol. The highest BCUT2D eigenvalue weighted by molar-refractivity contribution is 5.71. The van der Waals surface area contributed by atoms with Crippen molar-refractivity contribution in [3.05, 3.63) is 39.9 Å². The zero-order chi connectivity index (χ0) is 13.1. The van der Waals surface area contributed by atoms with E-state index in [1.54, 1.807) is 13.0 Å². The van der Waals surface area contributed by atoms with Crippen molar-refractivity contribution in [2.24, 2.45) is 5.73 Å². The number of carbonyl (C=O) groups excluding carboxylic acids is 1. The lowest BCUT2D eigenvalue weighted by Gasteiger charge is -2.23. The number of nitrogens with zero attached hydrogens (tertiary/aromatic N) is 1. The number of ether oxygens (including phenoxy) is 1. The molecule has 0 saturated carbocycles. The molecule has 0 aromatic heterocycles. The van der Waals surface area contributed by atoms with Crippen LogP contribution < -0.4 is 5.73 Å². The second kappa shape index (κ2) is 4.92. The highest BCUT2D eigenvalue weighted by atomic mass is 16.6. The minimum Gasteiger partial charge on any atom is -0.469 e. The number of esters is 1. The number of nitrogens with two attached hydrogens (primary N) is 1. The molecule has 0 fully saturated rings. The van der Waals surface area contributed by atoms with Crippen molar-refractivity contribution in [2.45, 2.75) is 18.9 Å². The van der Waals surface area contributed by atoms with Gasteiger partial charge in [-0.05, 0) is 12.5 Å². The smallest absolute Gasteiger partial charge is 0.307 e. The molecule has 2 N–H and O–H groups in total. The van der Waals surface area contributed by atoms with E-state index in [9.17, 15) is 14.9 Å². The number of nitro benzene ring substituents is 1. The molecule has 1 rings (SSSR count). The number of carbonyl (C=O) groups is 1. The standard InChI is InChI=1S/C11H14N2O4/c1-11(12,7-10(14)17-2)8-4-3-5-9(6-8)13(15)16/h3-6H,7,12H2,1-2H3/t11-/m1/s1. The fraction of sp³-hybridized carbons (Fsp3) is 0.364. The topological polar surface area (TPSA) is 95.5 Å². The lowest BCUT2D eigenvalue weighted by molar-refractivity contribution is -0.385. The van der Waals surface area contributed by atoms with Gasteiger partial charge in [0.2, 0.25) is 0 Å². The van der Waals surface area contributed by atoms with Crippen molar-refractivity contribution >= 4 is 11.7 Å². The van der Waals surface area contributed by atoms with Crippen molar-refractivity contribution in [2.75, 3.05) is 7.11 Å². The van der Waals surface area contributed by atoms with Gasteiger partial charge in [-0.3, -0.25) is 14.9 Å². The van der Waals surface area contributed by atoms with Gasteiger partial charge >= 0.3 is 5.97 Å². The van der Waals surface area contributed by atoms with Gasteiger partial charge in [-0.15, -0.1) is 0 Å². The molecule has 0 aliphatic heterocycles. The molecule has 0 radical (unpaired) electrons. The molecule has 0 amide bonds. The Morgan fingerprint density at radius 2 is 2.24 bits per heavy atom. The number of non-ortho nitro benzene ring substituents is 1. The Kier molecular flexibility index (Phi) is 3.80. The Labute approximate surface area is 98.5 Å². The van der Waals surface area contributed by atoms with Gasteiger partial charge < -0.3 is 10.5 Å². The molecule has 1 aromatic rings. The number of nitro groups is 1. The van der Waals surface area contributed by atoms with Crippen molar-refractivity contribution in [1.82, 2.24) is 0 Å². The highest BCUT2D eigenvalue weighted by Crippen LogP contribution is 2.25. The van der Waals surface area contributed by atoms with Crippen LogP contribution in [0.1, 0.15) is 18.9 Å². The molecule has 0 heterocycles. The Morgan fingerprint density at radius 1 is 1.59 bits per heavy atom.